The number of benzene rings is 1. The molecule has 0 saturated carbocycles. The highest BCUT2D eigenvalue weighted by molar-refractivity contribution is 5.81. The van der Waals surface area contributed by atoms with Crippen LogP contribution < -0.4 is 4.74 Å². The molecule has 3 rings (SSSR count). The van der Waals surface area contributed by atoms with Crippen molar-refractivity contribution in [3.8, 4) is 5.88 Å². The SMILES string of the molecule is CCC(CC)c1nnn2c1c(OC)nc1ccccc12. The normalized spacial score (nSPS) is 11.6. The number of nitrogens with zero attached hydrogens (tertiary/aromatic N) is 4. The number of aromatic nitrogens is 4. The van der Waals surface area contributed by atoms with E-state index in [0.717, 1.165) is 35.1 Å². The highest BCUT2D eigenvalue weighted by Gasteiger charge is 2.21. The summed E-state index contributed by atoms with van der Waals surface area (Å²) in [4.78, 5) is 4.58. The van der Waals surface area contributed by atoms with Crippen molar-refractivity contribution in [2.75, 3.05) is 7.11 Å². The van der Waals surface area contributed by atoms with Gasteiger partial charge in [0.1, 0.15) is 0 Å². The molecule has 0 spiro atoms. The summed E-state index contributed by atoms with van der Waals surface area (Å²) >= 11 is 0. The molecule has 0 saturated heterocycles. The van der Waals surface area contributed by atoms with Crippen LogP contribution in [0.15, 0.2) is 24.3 Å². The molecule has 0 aliphatic heterocycles. The second-order valence-electron chi connectivity index (χ2n) is 4.86. The highest BCUT2D eigenvalue weighted by atomic mass is 16.5. The maximum atomic E-state index is 5.46. The lowest BCUT2D eigenvalue weighted by Gasteiger charge is -2.11. The van der Waals surface area contributed by atoms with E-state index in [0.29, 0.717) is 11.8 Å². The van der Waals surface area contributed by atoms with Gasteiger partial charge in [0.25, 0.3) is 0 Å². The molecule has 5 heteroatoms. The van der Waals surface area contributed by atoms with Crippen molar-refractivity contribution in [3.63, 3.8) is 0 Å². The van der Waals surface area contributed by atoms with Gasteiger partial charge in [-0.2, -0.15) is 0 Å². The number of methoxy groups -OCH3 is 1. The van der Waals surface area contributed by atoms with E-state index in [2.05, 4.69) is 29.1 Å². The first-order chi connectivity index (χ1) is 9.80. The van der Waals surface area contributed by atoms with Crippen molar-refractivity contribution in [1.29, 1.82) is 0 Å². The van der Waals surface area contributed by atoms with Crippen molar-refractivity contribution < 1.29 is 4.74 Å². The van der Waals surface area contributed by atoms with E-state index in [4.69, 9.17) is 4.74 Å². The summed E-state index contributed by atoms with van der Waals surface area (Å²) in [5.74, 6) is 0.972. The summed E-state index contributed by atoms with van der Waals surface area (Å²) in [6.45, 7) is 4.33. The fourth-order valence-corrected chi connectivity index (χ4v) is 2.66. The molecule has 1 aromatic carbocycles. The zero-order valence-corrected chi connectivity index (χ0v) is 12.0. The predicted octanol–water partition coefficient (Wildman–Crippen LogP) is 3.19. The minimum Gasteiger partial charge on any atom is -0.479 e. The van der Waals surface area contributed by atoms with E-state index in [9.17, 15) is 0 Å². The summed E-state index contributed by atoms with van der Waals surface area (Å²) in [5.41, 5.74) is 3.68. The van der Waals surface area contributed by atoms with Gasteiger partial charge in [-0.1, -0.05) is 31.2 Å². The van der Waals surface area contributed by atoms with Gasteiger partial charge >= 0.3 is 0 Å². The first-order valence-corrected chi connectivity index (χ1v) is 6.98. The van der Waals surface area contributed by atoms with Gasteiger partial charge in [0.2, 0.25) is 5.88 Å². The monoisotopic (exact) mass is 270 g/mol. The third kappa shape index (κ3) is 1.81. The van der Waals surface area contributed by atoms with Crippen LogP contribution in [-0.4, -0.2) is 26.9 Å². The van der Waals surface area contributed by atoms with E-state index in [1.807, 2.05) is 28.8 Å². The molecule has 0 atom stereocenters. The zero-order chi connectivity index (χ0) is 14.1. The molecular weight excluding hydrogens is 252 g/mol. The Kier molecular flexibility index (Phi) is 3.26. The Labute approximate surface area is 117 Å². The van der Waals surface area contributed by atoms with E-state index in [-0.39, 0.29) is 0 Å². The Balaban J connectivity index is 2.38. The lowest BCUT2D eigenvalue weighted by atomic mass is 9.99. The van der Waals surface area contributed by atoms with Crippen molar-refractivity contribution in [3.05, 3.63) is 30.0 Å². The number of ether oxygens (including phenoxy) is 1. The molecule has 0 fully saturated rings. The fourth-order valence-electron chi connectivity index (χ4n) is 2.66. The number of hydrogen-bond donors (Lipinski definition) is 0. The van der Waals surface area contributed by atoms with Gasteiger partial charge in [0.15, 0.2) is 5.52 Å². The van der Waals surface area contributed by atoms with E-state index in [1.165, 1.54) is 0 Å². The van der Waals surface area contributed by atoms with Gasteiger partial charge in [-0.05, 0) is 25.0 Å². The van der Waals surface area contributed by atoms with E-state index in [1.54, 1.807) is 7.11 Å². The number of para-hydroxylation sites is 2. The molecule has 0 radical (unpaired) electrons. The third-order valence-corrected chi connectivity index (χ3v) is 3.80. The second-order valence-corrected chi connectivity index (χ2v) is 4.86. The predicted molar refractivity (Wildman–Crippen MR) is 78.2 cm³/mol. The summed E-state index contributed by atoms with van der Waals surface area (Å²) in [7, 11) is 1.64. The quantitative estimate of drug-likeness (QED) is 0.730. The molecule has 104 valence electrons. The van der Waals surface area contributed by atoms with E-state index < -0.39 is 0 Å². The lowest BCUT2D eigenvalue weighted by molar-refractivity contribution is 0.402. The minimum absolute atomic E-state index is 0.379. The van der Waals surface area contributed by atoms with Gasteiger partial charge in [-0.25, -0.2) is 9.50 Å². The van der Waals surface area contributed by atoms with E-state index >= 15 is 0 Å². The summed E-state index contributed by atoms with van der Waals surface area (Å²) in [6.07, 6.45) is 2.06. The van der Waals surface area contributed by atoms with Gasteiger partial charge in [-0.3, -0.25) is 0 Å². The Morgan fingerprint density at radius 3 is 2.65 bits per heavy atom. The van der Waals surface area contributed by atoms with Crippen LogP contribution >= 0.6 is 0 Å². The van der Waals surface area contributed by atoms with Crippen molar-refractivity contribution >= 4 is 16.6 Å². The van der Waals surface area contributed by atoms with Crippen LogP contribution in [0.4, 0.5) is 0 Å². The molecule has 20 heavy (non-hydrogen) atoms. The number of rotatable bonds is 4. The Morgan fingerprint density at radius 2 is 1.95 bits per heavy atom. The largest absolute Gasteiger partial charge is 0.479 e. The maximum absolute atomic E-state index is 5.46. The first kappa shape index (κ1) is 12.8. The van der Waals surface area contributed by atoms with Gasteiger partial charge in [0.05, 0.1) is 23.8 Å². The van der Waals surface area contributed by atoms with Crippen LogP contribution in [0.5, 0.6) is 5.88 Å². The average molecular weight is 270 g/mol. The fraction of sp³-hybridized carbons (Fsp3) is 0.400. The summed E-state index contributed by atoms with van der Waals surface area (Å²) in [6, 6.07) is 7.89. The van der Waals surface area contributed by atoms with Gasteiger partial charge in [0, 0.05) is 5.92 Å². The van der Waals surface area contributed by atoms with Crippen LogP contribution in [0.2, 0.25) is 0 Å². The van der Waals surface area contributed by atoms with Crippen LogP contribution in [0.3, 0.4) is 0 Å². The van der Waals surface area contributed by atoms with Crippen LogP contribution in [0.25, 0.3) is 16.6 Å². The number of hydrogen-bond acceptors (Lipinski definition) is 4. The molecule has 0 unspecified atom stereocenters. The van der Waals surface area contributed by atoms with Crippen LogP contribution in [-0.2, 0) is 0 Å². The zero-order valence-electron chi connectivity index (χ0n) is 12.0. The minimum atomic E-state index is 0.379. The molecular formula is C15H18N4O. The Morgan fingerprint density at radius 1 is 1.20 bits per heavy atom. The molecule has 0 N–H and O–H groups in total. The molecule has 0 amide bonds. The third-order valence-electron chi connectivity index (χ3n) is 3.80. The summed E-state index contributed by atoms with van der Waals surface area (Å²) in [5, 5.41) is 8.71. The Bertz CT molecular complexity index is 746. The van der Waals surface area contributed by atoms with Crippen LogP contribution in [0.1, 0.15) is 38.3 Å². The highest BCUT2D eigenvalue weighted by Crippen LogP contribution is 2.31. The molecule has 0 aliphatic rings. The summed E-state index contributed by atoms with van der Waals surface area (Å²) < 4.78 is 7.30. The maximum Gasteiger partial charge on any atom is 0.242 e. The smallest absolute Gasteiger partial charge is 0.242 e. The molecule has 2 heterocycles. The molecule has 3 aromatic rings. The van der Waals surface area contributed by atoms with Crippen molar-refractivity contribution in [1.82, 2.24) is 19.8 Å². The lowest BCUT2D eigenvalue weighted by Crippen LogP contribution is -2.01. The van der Waals surface area contributed by atoms with Gasteiger partial charge in [-0.15, -0.1) is 5.10 Å². The molecule has 2 aromatic heterocycles. The molecule has 0 aliphatic carbocycles. The first-order valence-electron chi connectivity index (χ1n) is 6.98. The standard InChI is InChI=1S/C15H18N4O/c1-4-10(5-2)13-14-15(20-3)16-11-8-6-7-9-12(11)19(14)18-17-13/h6-10H,4-5H2,1-3H3. The second kappa shape index (κ2) is 5.07. The van der Waals surface area contributed by atoms with Crippen LogP contribution in [0, 0.1) is 0 Å². The van der Waals surface area contributed by atoms with Crippen molar-refractivity contribution in [2.45, 2.75) is 32.6 Å². The van der Waals surface area contributed by atoms with Crippen molar-refractivity contribution in [2.24, 2.45) is 0 Å². The average Bonchev–Trinajstić information content (AvgIpc) is 2.93. The Hall–Kier alpha value is -2.17. The molecule has 5 nitrogen and oxygen atoms in total. The van der Waals surface area contributed by atoms with Gasteiger partial charge < -0.3 is 4.74 Å². The topological polar surface area (TPSA) is 52.3 Å². The molecule has 0 bridgehead atoms. The number of fused-ring (bicyclic) bond motifs is 3.